The van der Waals surface area contributed by atoms with E-state index in [1.807, 2.05) is 13.8 Å². The van der Waals surface area contributed by atoms with Crippen LogP contribution in [0.15, 0.2) is 6.20 Å². The van der Waals surface area contributed by atoms with Crippen LogP contribution in [0.4, 0.5) is 11.5 Å². The molecule has 1 amide bonds. The molecule has 1 aromatic heterocycles. The summed E-state index contributed by atoms with van der Waals surface area (Å²) in [5.41, 5.74) is 0.138. The fraction of sp³-hybridized carbons (Fsp3) is 0.500. The van der Waals surface area contributed by atoms with Crippen LogP contribution in [0.3, 0.4) is 0 Å². The Balaban J connectivity index is 2.37. The lowest BCUT2D eigenvalue weighted by Gasteiger charge is -2.23. The first-order chi connectivity index (χ1) is 7.55. The molecule has 5 nitrogen and oxygen atoms in total. The third-order valence-electron chi connectivity index (χ3n) is 2.98. The minimum absolute atomic E-state index is 0.0211. The average molecular weight is 241 g/mol. The number of anilines is 2. The number of carbonyl (C=O) groups excluding carboxylic acids is 1. The summed E-state index contributed by atoms with van der Waals surface area (Å²) in [4.78, 5) is 19.9. The number of fused-ring (bicyclic) bond motifs is 1. The summed E-state index contributed by atoms with van der Waals surface area (Å²) >= 11 is 5.70. The second-order valence-corrected chi connectivity index (χ2v) is 4.46. The smallest absolute Gasteiger partial charge is 0.232 e. The van der Waals surface area contributed by atoms with Crippen molar-refractivity contribution in [2.24, 2.45) is 5.41 Å². The van der Waals surface area contributed by atoms with Gasteiger partial charge in [0.05, 0.1) is 11.6 Å². The monoisotopic (exact) mass is 240 g/mol. The van der Waals surface area contributed by atoms with Crippen LogP contribution in [-0.2, 0) is 4.79 Å². The Hall–Kier alpha value is -1.36. The van der Waals surface area contributed by atoms with Crippen molar-refractivity contribution in [1.29, 1.82) is 0 Å². The zero-order valence-electron chi connectivity index (χ0n) is 9.17. The van der Waals surface area contributed by atoms with E-state index in [1.165, 1.54) is 6.20 Å². The Morgan fingerprint density at radius 1 is 1.62 bits per heavy atom. The quantitative estimate of drug-likeness (QED) is 0.736. The molecular formula is C10H13ClN4O. The fourth-order valence-corrected chi connectivity index (χ4v) is 1.64. The van der Waals surface area contributed by atoms with E-state index in [0.717, 1.165) is 6.42 Å². The standard InChI is InChI=1S/C10H13ClN4O/c1-3-10(2)5-13-7-6(14-8(10)16)4-12-9(11)15-7/h4H,3,5H2,1-2H3,(H,14,16)(H,12,13,15). The second kappa shape index (κ2) is 3.90. The van der Waals surface area contributed by atoms with Crippen LogP contribution in [0, 0.1) is 5.41 Å². The molecule has 0 aromatic carbocycles. The third-order valence-corrected chi connectivity index (χ3v) is 3.16. The molecule has 2 heterocycles. The minimum atomic E-state index is -0.437. The van der Waals surface area contributed by atoms with Gasteiger partial charge in [0, 0.05) is 6.54 Å². The van der Waals surface area contributed by atoms with Gasteiger partial charge in [0.2, 0.25) is 11.2 Å². The molecule has 6 heteroatoms. The van der Waals surface area contributed by atoms with Gasteiger partial charge < -0.3 is 10.6 Å². The number of rotatable bonds is 1. The molecule has 86 valence electrons. The van der Waals surface area contributed by atoms with E-state index in [0.29, 0.717) is 18.1 Å². The van der Waals surface area contributed by atoms with Crippen molar-refractivity contribution >= 4 is 29.0 Å². The topological polar surface area (TPSA) is 66.9 Å². The first-order valence-corrected chi connectivity index (χ1v) is 5.51. The maximum atomic E-state index is 12.0. The van der Waals surface area contributed by atoms with E-state index in [1.54, 1.807) is 0 Å². The van der Waals surface area contributed by atoms with E-state index in [-0.39, 0.29) is 11.2 Å². The van der Waals surface area contributed by atoms with Gasteiger partial charge in [-0.3, -0.25) is 4.79 Å². The van der Waals surface area contributed by atoms with Gasteiger partial charge in [0.15, 0.2) is 5.82 Å². The van der Waals surface area contributed by atoms with E-state index >= 15 is 0 Å². The van der Waals surface area contributed by atoms with Gasteiger partial charge in [-0.25, -0.2) is 4.98 Å². The Labute approximate surface area is 98.6 Å². The Bertz CT molecular complexity index is 437. The molecule has 0 saturated heterocycles. The van der Waals surface area contributed by atoms with Crippen molar-refractivity contribution in [3.8, 4) is 0 Å². The summed E-state index contributed by atoms with van der Waals surface area (Å²) in [5.74, 6) is 0.553. The molecule has 0 saturated carbocycles. The molecule has 0 aliphatic carbocycles. The molecule has 0 radical (unpaired) electrons. The van der Waals surface area contributed by atoms with Crippen molar-refractivity contribution in [2.45, 2.75) is 20.3 Å². The summed E-state index contributed by atoms with van der Waals surface area (Å²) in [6.07, 6.45) is 2.26. The second-order valence-electron chi connectivity index (χ2n) is 4.12. The van der Waals surface area contributed by atoms with Gasteiger partial charge in [-0.15, -0.1) is 0 Å². The van der Waals surface area contributed by atoms with E-state index in [2.05, 4.69) is 20.6 Å². The first-order valence-electron chi connectivity index (χ1n) is 5.13. The van der Waals surface area contributed by atoms with Crippen molar-refractivity contribution in [2.75, 3.05) is 17.2 Å². The molecule has 1 unspecified atom stereocenters. The van der Waals surface area contributed by atoms with Crippen molar-refractivity contribution in [3.05, 3.63) is 11.5 Å². The molecule has 2 rings (SSSR count). The van der Waals surface area contributed by atoms with Crippen LogP contribution in [0.1, 0.15) is 20.3 Å². The summed E-state index contributed by atoms with van der Waals surface area (Å²) < 4.78 is 0. The zero-order valence-corrected chi connectivity index (χ0v) is 9.93. The summed E-state index contributed by atoms with van der Waals surface area (Å²) in [6, 6.07) is 0. The summed E-state index contributed by atoms with van der Waals surface area (Å²) in [7, 11) is 0. The van der Waals surface area contributed by atoms with Crippen LogP contribution < -0.4 is 10.6 Å². The molecular weight excluding hydrogens is 228 g/mol. The van der Waals surface area contributed by atoms with Gasteiger partial charge in [-0.2, -0.15) is 4.98 Å². The van der Waals surface area contributed by atoms with Gasteiger partial charge >= 0.3 is 0 Å². The molecule has 0 spiro atoms. The number of aromatic nitrogens is 2. The number of carbonyl (C=O) groups is 1. The highest BCUT2D eigenvalue weighted by Crippen LogP contribution is 2.30. The SMILES string of the molecule is CCC1(C)CNc2nc(Cl)ncc2NC1=O. The zero-order chi connectivity index (χ0) is 11.8. The Kier molecular flexibility index (Phi) is 2.71. The van der Waals surface area contributed by atoms with Gasteiger partial charge in [-0.05, 0) is 24.9 Å². The highest BCUT2D eigenvalue weighted by Gasteiger charge is 2.34. The number of nitrogens with zero attached hydrogens (tertiary/aromatic N) is 2. The predicted molar refractivity (Wildman–Crippen MR) is 62.6 cm³/mol. The van der Waals surface area contributed by atoms with Crippen LogP contribution in [-0.4, -0.2) is 22.4 Å². The largest absolute Gasteiger partial charge is 0.367 e. The van der Waals surface area contributed by atoms with E-state index in [4.69, 9.17) is 11.6 Å². The van der Waals surface area contributed by atoms with Crippen LogP contribution in [0.2, 0.25) is 5.28 Å². The number of nitrogens with one attached hydrogen (secondary N) is 2. The average Bonchev–Trinajstić information content (AvgIpc) is 2.39. The molecule has 2 N–H and O–H groups in total. The van der Waals surface area contributed by atoms with Crippen molar-refractivity contribution in [3.63, 3.8) is 0 Å². The highest BCUT2D eigenvalue weighted by molar-refractivity contribution is 6.28. The normalized spacial score (nSPS) is 24.1. The molecule has 1 atom stereocenters. The van der Waals surface area contributed by atoms with E-state index < -0.39 is 5.41 Å². The molecule has 16 heavy (non-hydrogen) atoms. The van der Waals surface area contributed by atoms with Gasteiger partial charge in [0.1, 0.15) is 5.69 Å². The first kappa shape index (κ1) is 11.1. The van der Waals surface area contributed by atoms with E-state index in [9.17, 15) is 4.79 Å². The van der Waals surface area contributed by atoms with Gasteiger partial charge in [-0.1, -0.05) is 6.92 Å². The van der Waals surface area contributed by atoms with Crippen LogP contribution >= 0.6 is 11.6 Å². The number of hydrogen-bond acceptors (Lipinski definition) is 4. The molecule has 0 bridgehead atoms. The fourth-order valence-electron chi connectivity index (χ4n) is 1.50. The number of hydrogen-bond donors (Lipinski definition) is 2. The van der Waals surface area contributed by atoms with Crippen LogP contribution in [0.5, 0.6) is 0 Å². The minimum Gasteiger partial charge on any atom is -0.367 e. The lowest BCUT2D eigenvalue weighted by atomic mass is 9.87. The third kappa shape index (κ3) is 1.82. The number of amides is 1. The van der Waals surface area contributed by atoms with Gasteiger partial charge in [0.25, 0.3) is 0 Å². The summed E-state index contributed by atoms with van der Waals surface area (Å²) in [5, 5.41) is 6.09. The number of halogens is 1. The molecule has 1 aromatic rings. The highest BCUT2D eigenvalue weighted by atomic mass is 35.5. The van der Waals surface area contributed by atoms with Crippen LogP contribution in [0.25, 0.3) is 0 Å². The summed E-state index contributed by atoms with van der Waals surface area (Å²) in [6.45, 7) is 4.43. The predicted octanol–water partition coefficient (Wildman–Crippen LogP) is 1.91. The van der Waals surface area contributed by atoms with Crippen molar-refractivity contribution < 1.29 is 4.79 Å². The Morgan fingerprint density at radius 3 is 3.06 bits per heavy atom. The maximum absolute atomic E-state index is 12.0. The Morgan fingerprint density at radius 2 is 2.38 bits per heavy atom. The maximum Gasteiger partial charge on any atom is 0.232 e. The molecule has 1 aliphatic rings. The lowest BCUT2D eigenvalue weighted by molar-refractivity contribution is -0.124. The molecule has 0 fully saturated rings. The molecule has 1 aliphatic heterocycles. The lowest BCUT2D eigenvalue weighted by Crippen LogP contribution is -2.36. The van der Waals surface area contributed by atoms with Crippen molar-refractivity contribution in [1.82, 2.24) is 9.97 Å².